The summed E-state index contributed by atoms with van der Waals surface area (Å²) in [5, 5.41) is 10.7. The third kappa shape index (κ3) is 5.88. The van der Waals surface area contributed by atoms with Crippen molar-refractivity contribution in [2.45, 2.75) is 30.4 Å². The lowest BCUT2D eigenvalue weighted by molar-refractivity contribution is 0.0953. The summed E-state index contributed by atoms with van der Waals surface area (Å²) < 4.78 is 0. The van der Waals surface area contributed by atoms with Crippen LogP contribution < -0.4 is 5.32 Å². The number of hydrogen-bond acceptors (Lipinski definition) is 3. The second-order valence-electron chi connectivity index (χ2n) is 6.32. The summed E-state index contributed by atoms with van der Waals surface area (Å²) in [4.78, 5) is 13.4. The van der Waals surface area contributed by atoms with E-state index < -0.39 is 0 Å². The first-order chi connectivity index (χ1) is 13.1. The molecular formula is C21H22ClN3OS. The van der Waals surface area contributed by atoms with E-state index in [0.29, 0.717) is 12.1 Å². The zero-order chi connectivity index (χ0) is 19.1. The SMILES string of the molecule is Cc1[nH]ncc1CCCNC(=O)c1ccc(CSc2ccc(Cl)cc2)cc1. The third-order valence-electron chi connectivity index (χ3n) is 4.28. The summed E-state index contributed by atoms with van der Waals surface area (Å²) in [6.45, 7) is 2.66. The highest BCUT2D eigenvalue weighted by atomic mass is 35.5. The van der Waals surface area contributed by atoms with Crippen molar-refractivity contribution in [1.82, 2.24) is 15.5 Å². The number of aromatic amines is 1. The standard InChI is InChI=1S/C21H22ClN3OS/c1-15-18(13-24-25-15)3-2-12-23-21(26)17-6-4-16(5-7-17)14-27-20-10-8-19(22)9-11-20/h4-11,13H,2-3,12,14H2,1H3,(H,23,26)(H,24,25). The molecule has 2 N–H and O–H groups in total. The van der Waals surface area contributed by atoms with Crippen LogP contribution in [0, 0.1) is 6.92 Å². The minimum Gasteiger partial charge on any atom is -0.352 e. The van der Waals surface area contributed by atoms with Crippen LogP contribution >= 0.6 is 23.4 Å². The second kappa shape index (κ2) is 9.62. The average Bonchev–Trinajstić information content (AvgIpc) is 3.10. The van der Waals surface area contributed by atoms with Crippen molar-refractivity contribution < 1.29 is 4.79 Å². The van der Waals surface area contributed by atoms with Crippen molar-refractivity contribution >= 4 is 29.3 Å². The molecule has 2 aromatic carbocycles. The Hall–Kier alpha value is -2.24. The number of nitrogens with one attached hydrogen (secondary N) is 2. The van der Waals surface area contributed by atoms with Crippen LogP contribution in [0.3, 0.4) is 0 Å². The number of nitrogens with zero attached hydrogens (tertiary/aromatic N) is 1. The molecule has 0 radical (unpaired) electrons. The van der Waals surface area contributed by atoms with Crippen molar-refractivity contribution in [1.29, 1.82) is 0 Å². The fraction of sp³-hybridized carbons (Fsp3) is 0.238. The molecule has 0 spiro atoms. The number of aryl methyl sites for hydroxylation is 2. The predicted octanol–water partition coefficient (Wildman–Crippen LogP) is 5.03. The highest BCUT2D eigenvalue weighted by Crippen LogP contribution is 2.24. The molecule has 0 atom stereocenters. The van der Waals surface area contributed by atoms with Crippen LogP contribution in [-0.4, -0.2) is 22.6 Å². The first kappa shape index (κ1) is 19.5. The molecule has 6 heteroatoms. The van der Waals surface area contributed by atoms with Crippen molar-refractivity contribution in [3.8, 4) is 0 Å². The van der Waals surface area contributed by atoms with Gasteiger partial charge in [0.15, 0.2) is 0 Å². The predicted molar refractivity (Wildman–Crippen MR) is 111 cm³/mol. The number of rotatable bonds is 8. The van der Waals surface area contributed by atoms with Gasteiger partial charge in [0.05, 0.1) is 6.20 Å². The lowest BCUT2D eigenvalue weighted by atomic mass is 10.1. The van der Waals surface area contributed by atoms with Gasteiger partial charge < -0.3 is 5.32 Å². The molecule has 0 fully saturated rings. The Kier molecular flexibility index (Phi) is 6.96. The maximum Gasteiger partial charge on any atom is 0.251 e. The Morgan fingerprint density at radius 2 is 1.89 bits per heavy atom. The molecule has 1 amide bonds. The van der Waals surface area contributed by atoms with Gasteiger partial charge in [-0.25, -0.2) is 0 Å². The molecule has 0 aliphatic rings. The van der Waals surface area contributed by atoms with Crippen LogP contribution in [0.25, 0.3) is 0 Å². The third-order valence-corrected chi connectivity index (χ3v) is 5.61. The van der Waals surface area contributed by atoms with Crippen molar-refractivity contribution in [3.05, 3.63) is 82.1 Å². The fourth-order valence-electron chi connectivity index (χ4n) is 2.66. The lowest BCUT2D eigenvalue weighted by Gasteiger charge is -2.07. The number of H-pyrrole nitrogens is 1. The van der Waals surface area contributed by atoms with Crippen LogP contribution in [0.15, 0.2) is 59.6 Å². The van der Waals surface area contributed by atoms with Gasteiger partial charge in [0.2, 0.25) is 0 Å². The van der Waals surface area contributed by atoms with E-state index in [9.17, 15) is 4.79 Å². The Morgan fingerprint density at radius 3 is 2.56 bits per heavy atom. The van der Waals surface area contributed by atoms with Gasteiger partial charge in [-0.2, -0.15) is 5.10 Å². The molecule has 0 saturated carbocycles. The quantitative estimate of drug-likeness (QED) is 0.412. The lowest BCUT2D eigenvalue weighted by Crippen LogP contribution is -2.24. The van der Waals surface area contributed by atoms with E-state index in [1.807, 2.05) is 61.7 Å². The van der Waals surface area contributed by atoms with Crippen molar-refractivity contribution in [2.24, 2.45) is 0 Å². The zero-order valence-corrected chi connectivity index (χ0v) is 16.7. The van der Waals surface area contributed by atoms with E-state index in [1.165, 1.54) is 16.0 Å². The average molecular weight is 400 g/mol. The topological polar surface area (TPSA) is 57.8 Å². The van der Waals surface area contributed by atoms with Crippen LogP contribution in [0.5, 0.6) is 0 Å². The molecule has 1 heterocycles. The summed E-state index contributed by atoms with van der Waals surface area (Å²) in [5.41, 5.74) is 4.16. The molecule has 0 aliphatic heterocycles. The van der Waals surface area contributed by atoms with Crippen molar-refractivity contribution in [3.63, 3.8) is 0 Å². The van der Waals surface area contributed by atoms with E-state index >= 15 is 0 Å². The Bertz CT molecular complexity index is 875. The van der Waals surface area contributed by atoms with Crippen LogP contribution in [0.1, 0.15) is 33.6 Å². The minimum atomic E-state index is -0.0316. The highest BCUT2D eigenvalue weighted by molar-refractivity contribution is 7.98. The van der Waals surface area contributed by atoms with E-state index in [-0.39, 0.29) is 5.91 Å². The van der Waals surface area contributed by atoms with E-state index in [1.54, 1.807) is 11.8 Å². The fourth-order valence-corrected chi connectivity index (χ4v) is 3.64. The molecular weight excluding hydrogens is 378 g/mol. The molecule has 0 aliphatic carbocycles. The van der Waals surface area contributed by atoms with Gasteiger partial charge in [-0.1, -0.05) is 23.7 Å². The molecule has 27 heavy (non-hydrogen) atoms. The number of benzene rings is 2. The van der Waals surface area contributed by atoms with E-state index in [2.05, 4.69) is 15.5 Å². The molecule has 3 rings (SSSR count). The summed E-state index contributed by atoms with van der Waals surface area (Å²) in [6.07, 6.45) is 3.64. The van der Waals surface area contributed by atoms with Gasteiger partial charge in [0.1, 0.15) is 0 Å². The largest absolute Gasteiger partial charge is 0.352 e. The maximum absolute atomic E-state index is 12.2. The minimum absolute atomic E-state index is 0.0316. The number of carbonyl (C=O) groups excluding carboxylic acids is 1. The summed E-state index contributed by atoms with van der Waals surface area (Å²) in [6, 6.07) is 15.6. The normalized spacial score (nSPS) is 10.7. The number of hydrogen-bond donors (Lipinski definition) is 2. The number of carbonyl (C=O) groups is 1. The van der Waals surface area contributed by atoms with Gasteiger partial charge in [-0.3, -0.25) is 9.89 Å². The maximum atomic E-state index is 12.2. The van der Waals surface area contributed by atoms with Crippen molar-refractivity contribution in [2.75, 3.05) is 6.54 Å². The van der Waals surface area contributed by atoms with Gasteiger partial charge >= 0.3 is 0 Å². The molecule has 140 valence electrons. The number of aromatic nitrogens is 2. The smallest absolute Gasteiger partial charge is 0.251 e. The Morgan fingerprint density at radius 1 is 1.15 bits per heavy atom. The first-order valence-electron chi connectivity index (χ1n) is 8.86. The summed E-state index contributed by atoms with van der Waals surface area (Å²) in [5.74, 6) is 0.823. The summed E-state index contributed by atoms with van der Waals surface area (Å²) >= 11 is 7.65. The van der Waals surface area contributed by atoms with Gasteiger partial charge in [0.25, 0.3) is 5.91 Å². The van der Waals surface area contributed by atoms with Gasteiger partial charge in [-0.15, -0.1) is 11.8 Å². The molecule has 0 saturated heterocycles. The van der Waals surface area contributed by atoms with Gasteiger partial charge in [-0.05, 0) is 67.3 Å². The highest BCUT2D eigenvalue weighted by Gasteiger charge is 2.06. The number of thioether (sulfide) groups is 1. The first-order valence-corrected chi connectivity index (χ1v) is 10.2. The van der Waals surface area contributed by atoms with Crippen LogP contribution in [0.2, 0.25) is 5.02 Å². The molecule has 0 unspecified atom stereocenters. The molecule has 0 bridgehead atoms. The number of halogens is 1. The second-order valence-corrected chi connectivity index (χ2v) is 7.80. The Balaban J connectivity index is 1.42. The van der Waals surface area contributed by atoms with Gasteiger partial charge in [0, 0.05) is 33.5 Å². The monoisotopic (exact) mass is 399 g/mol. The molecule has 4 nitrogen and oxygen atoms in total. The van der Waals surface area contributed by atoms with Crippen LogP contribution in [-0.2, 0) is 12.2 Å². The van der Waals surface area contributed by atoms with E-state index in [0.717, 1.165) is 29.3 Å². The summed E-state index contributed by atoms with van der Waals surface area (Å²) in [7, 11) is 0. The number of amides is 1. The van der Waals surface area contributed by atoms with E-state index in [4.69, 9.17) is 11.6 Å². The molecule has 3 aromatic rings. The zero-order valence-electron chi connectivity index (χ0n) is 15.2. The van der Waals surface area contributed by atoms with Crippen LogP contribution in [0.4, 0.5) is 0 Å². The Labute approximate surface area is 168 Å². The molecule has 1 aromatic heterocycles.